The number of anilines is 1. The van der Waals surface area contributed by atoms with Crippen molar-refractivity contribution >= 4 is 5.95 Å². The second-order valence-corrected chi connectivity index (χ2v) is 4.65. The molecule has 0 fully saturated rings. The summed E-state index contributed by atoms with van der Waals surface area (Å²) in [5, 5.41) is 4.26. The van der Waals surface area contributed by atoms with Crippen molar-refractivity contribution < 1.29 is 9.47 Å². The molecule has 8 nitrogen and oxygen atoms in total. The van der Waals surface area contributed by atoms with Gasteiger partial charge in [0.2, 0.25) is 5.95 Å². The lowest BCUT2D eigenvalue weighted by Crippen LogP contribution is -2.11. The molecule has 0 spiro atoms. The van der Waals surface area contributed by atoms with Crippen LogP contribution < -0.4 is 15.2 Å². The molecule has 2 heterocycles. The van der Waals surface area contributed by atoms with Crippen molar-refractivity contribution in [3.63, 3.8) is 0 Å². The second-order valence-electron chi connectivity index (χ2n) is 4.65. The van der Waals surface area contributed by atoms with Gasteiger partial charge in [0.15, 0.2) is 5.75 Å². The maximum atomic E-state index is 5.66. The minimum atomic E-state index is -0.0634. The fourth-order valence-electron chi connectivity index (χ4n) is 1.66. The molecule has 0 aliphatic carbocycles. The lowest BCUT2D eigenvalue weighted by atomic mass is 10.3. The van der Waals surface area contributed by atoms with Gasteiger partial charge in [-0.05, 0) is 27.7 Å². The van der Waals surface area contributed by atoms with Crippen LogP contribution in [0.15, 0.2) is 0 Å². The van der Waals surface area contributed by atoms with Crippen LogP contribution in [0.25, 0.3) is 0 Å². The van der Waals surface area contributed by atoms with Crippen molar-refractivity contribution in [2.24, 2.45) is 7.05 Å². The van der Waals surface area contributed by atoms with Crippen molar-refractivity contribution in [1.82, 2.24) is 24.7 Å². The summed E-state index contributed by atoms with van der Waals surface area (Å²) in [5.41, 5.74) is 7.24. The van der Waals surface area contributed by atoms with Crippen LogP contribution in [0.2, 0.25) is 0 Å². The van der Waals surface area contributed by atoms with E-state index in [4.69, 9.17) is 15.2 Å². The molecule has 0 aromatic carbocycles. The van der Waals surface area contributed by atoms with Gasteiger partial charge in [0.05, 0.1) is 11.8 Å². The standard InChI is InChI=1S/C12H18N6O2/c1-6(2)19-11-14-10(13)15-12(16-11)20-9-7(3)17-18(5)8(9)4/h6H,1-5H3,(H2,13,14,15,16). The van der Waals surface area contributed by atoms with Crippen LogP contribution in [-0.4, -0.2) is 30.8 Å². The van der Waals surface area contributed by atoms with E-state index < -0.39 is 0 Å². The Morgan fingerprint density at radius 1 is 1.10 bits per heavy atom. The molecule has 0 atom stereocenters. The number of nitrogen functional groups attached to an aromatic ring is 1. The molecule has 0 aliphatic rings. The third-order valence-corrected chi connectivity index (χ3v) is 2.59. The quantitative estimate of drug-likeness (QED) is 0.901. The van der Waals surface area contributed by atoms with Crippen LogP contribution in [0.5, 0.6) is 17.8 Å². The molecular formula is C12H18N6O2. The number of nitrogens with zero attached hydrogens (tertiary/aromatic N) is 5. The van der Waals surface area contributed by atoms with E-state index in [1.54, 1.807) is 4.68 Å². The van der Waals surface area contributed by atoms with Crippen molar-refractivity contribution in [2.75, 3.05) is 5.73 Å². The van der Waals surface area contributed by atoms with E-state index in [0.29, 0.717) is 5.75 Å². The smallest absolute Gasteiger partial charge is 0.330 e. The first-order valence-corrected chi connectivity index (χ1v) is 6.23. The molecule has 2 N–H and O–H groups in total. The van der Waals surface area contributed by atoms with Gasteiger partial charge < -0.3 is 15.2 Å². The molecule has 0 saturated heterocycles. The Hall–Kier alpha value is -2.38. The zero-order valence-electron chi connectivity index (χ0n) is 12.2. The molecular weight excluding hydrogens is 260 g/mol. The Morgan fingerprint density at radius 3 is 2.30 bits per heavy atom. The first kappa shape index (κ1) is 14.0. The van der Waals surface area contributed by atoms with E-state index in [1.165, 1.54) is 0 Å². The number of aromatic nitrogens is 5. The summed E-state index contributed by atoms with van der Waals surface area (Å²) in [4.78, 5) is 11.9. The molecule has 108 valence electrons. The first-order valence-electron chi connectivity index (χ1n) is 6.23. The molecule has 0 radical (unpaired) electrons. The van der Waals surface area contributed by atoms with Gasteiger partial charge in [0.1, 0.15) is 5.69 Å². The molecule has 0 unspecified atom stereocenters. The van der Waals surface area contributed by atoms with E-state index in [-0.39, 0.29) is 24.1 Å². The molecule has 2 aromatic heterocycles. The highest BCUT2D eigenvalue weighted by Gasteiger charge is 2.15. The molecule has 2 rings (SSSR count). The third kappa shape index (κ3) is 2.95. The van der Waals surface area contributed by atoms with Gasteiger partial charge >= 0.3 is 12.0 Å². The maximum Gasteiger partial charge on any atom is 0.330 e. The highest BCUT2D eigenvalue weighted by atomic mass is 16.5. The van der Waals surface area contributed by atoms with Crippen LogP contribution in [0, 0.1) is 13.8 Å². The molecule has 20 heavy (non-hydrogen) atoms. The minimum absolute atomic E-state index is 0.0462. The maximum absolute atomic E-state index is 5.66. The zero-order valence-corrected chi connectivity index (χ0v) is 12.2. The van der Waals surface area contributed by atoms with Crippen LogP contribution in [0.3, 0.4) is 0 Å². The lowest BCUT2D eigenvalue weighted by Gasteiger charge is -2.09. The monoisotopic (exact) mass is 278 g/mol. The Balaban J connectivity index is 2.31. The number of aryl methyl sites for hydroxylation is 2. The summed E-state index contributed by atoms with van der Waals surface area (Å²) in [5.74, 6) is 0.651. The van der Waals surface area contributed by atoms with Crippen LogP contribution in [0.1, 0.15) is 25.2 Å². The van der Waals surface area contributed by atoms with E-state index >= 15 is 0 Å². The highest BCUT2D eigenvalue weighted by Crippen LogP contribution is 2.26. The van der Waals surface area contributed by atoms with Crippen molar-refractivity contribution in [1.29, 1.82) is 0 Å². The summed E-state index contributed by atoms with van der Waals surface area (Å²) in [7, 11) is 1.84. The van der Waals surface area contributed by atoms with E-state index in [9.17, 15) is 0 Å². The predicted molar refractivity (Wildman–Crippen MR) is 72.8 cm³/mol. The average molecular weight is 278 g/mol. The largest absolute Gasteiger partial charge is 0.461 e. The summed E-state index contributed by atoms with van der Waals surface area (Å²) in [6, 6.07) is 0.231. The van der Waals surface area contributed by atoms with Gasteiger partial charge in [-0.25, -0.2) is 0 Å². The molecule has 2 aromatic rings. The van der Waals surface area contributed by atoms with Gasteiger partial charge in [-0.15, -0.1) is 4.98 Å². The SMILES string of the molecule is Cc1nn(C)c(C)c1Oc1nc(N)nc(OC(C)C)n1. The number of hydrogen-bond acceptors (Lipinski definition) is 7. The van der Waals surface area contributed by atoms with E-state index in [1.807, 2.05) is 34.7 Å². The Morgan fingerprint density at radius 2 is 1.75 bits per heavy atom. The lowest BCUT2D eigenvalue weighted by molar-refractivity contribution is 0.218. The summed E-state index contributed by atoms with van der Waals surface area (Å²) >= 11 is 0. The van der Waals surface area contributed by atoms with Crippen LogP contribution in [0.4, 0.5) is 5.95 Å². The molecule has 0 aliphatic heterocycles. The van der Waals surface area contributed by atoms with Crippen LogP contribution >= 0.6 is 0 Å². The fraction of sp³-hybridized carbons (Fsp3) is 0.500. The van der Waals surface area contributed by atoms with Crippen molar-refractivity contribution in [2.45, 2.75) is 33.8 Å². The average Bonchev–Trinajstić information content (AvgIpc) is 2.54. The number of nitrogens with two attached hydrogens (primary N) is 1. The first-order chi connectivity index (χ1) is 9.36. The van der Waals surface area contributed by atoms with Crippen LogP contribution in [-0.2, 0) is 7.05 Å². The molecule has 0 amide bonds. The van der Waals surface area contributed by atoms with Crippen molar-refractivity contribution in [3.8, 4) is 17.8 Å². The topological polar surface area (TPSA) is 101 Å². The number of rotatable bonds is 4. The van der Waals surface area contributed by atoms with E-state index in [0.717, 1.165) is 11.4 Å². The Bertz CT molecular complexity index is 623. The normalized spacial score (nSPS) is 10.9. The summed E-state index contributed by atoms with van der Waals surface area (Å²) in [6.45, 7) is 7.48. The van der Waals surface area contributed by atoms with Gasteiger partial charge in [-0.1, -0.05) is 0 Å². The number of ether oxygens (including phenoxy) is 2. The number of hydrogen-bond donors (Lipinski definition) is 1. The second kappa shape index (κ2) is 5.32. The van der Waals surface area contributed by atoms with Gasteiger partial charge in [-0.3, -0.25) is 4.68 Å². The predicted octanol–water partition coefficient (Wildman–Crippen LogP) is 1.38. The molecule has 0 bridgehead atoms. The Labute approximate surface area is 117 Å². The third-order valence-electron chi connectivity index (χ3n) is 2.59. The van der Waals surface area contributed by atoms with Gasteiger partial charge in [0.25, 0.3) is 0 Å². The zero-order chi connectivity index (χ0) is 14.9. The highest BCUT2D eigenvalue weighted by molar-refractivity contribution is 5.34. The van der Waals surface area contributed by atoms with Crippen molar-refractivity contribution in [3.05, 3.63) is 11.4 Å². The molecule has 0 saturated carbocycles. The Kier molecular flexibility index (Phi) is 3.73. The summed E-state index contributed by atoms with van der Waals surface area (Å²) < 4.78 is 12.8. The minimum Gasteiger partial charge on any atom is -0.461 e. The summed E-state index contributed by atoms with van der Waals surface area (Å²) in [6.07, 6.45) is -0.0634. The van der Waals surface area contributed by atoms with E-state index in [2.05, 4.69) is 20.1 Å². The molecule has 8 heteroatoms. The van der Waals surface area contributed by atoms with Gasteiger partial charge in [-0.2, -0.15) is 15.1 Å². The van der Waals surface area contributed by atoms with Gasteiger partial charge in [0, 0.05) is 7.05 Å². The fourth-order valence-corrected chi connectivity index (χ4v) is 1.66.